The number of hydrogen-bond donors (Lipinski definition) is 1. The summed E-state index contributed by atoms with van der Waals surface area (Å²) in [4.78, 5) is 6.57. The van der Waals surface area contributed by atoms with Crippen LogP contribution < -0.4 is 0 Å². The smallest absolute Gasteiger partial charge is 0.122 e. The minimum Gasteiger partial charge on any atom is -0.389 e. The Hall–Kier alpha value is -0.870. The van der Waals surface area contributed by atoms with E-state index in [1.165, 1.54) is 0 Å². The maximum atomic E-state index is 10.0. The van der Waals surface area contributed by atoms with Crippen molar-refractivity contribution in [3.05, 3.63) is 18.2 Å². The van der Waals surface area contributed by atoms with Crippen LogP contribution in [0.15, 0.2) is 12.4 Å². The van der Waals surface area contributed by atoms with Crippen LogP contribution in [-0.2, 0) is 13.1 Å². The summed E-state index contributed by atoms with van der Waals surface area (Å²) in [7, 11) is 0. The highest BCUT2D eigenvalue weighted by molar-refractivity contribution is 4.96. The van der Waals surface area contributed by atoms with Gasteiger partial charge in [-0.2, -0.15) is 0 Å². The molecule has 0 bridgehead atoms. The maximum absolute atomic E-state index is 10.0. The van der Waals surface area contributed by atoms with Gasteiger partial charge < -0.3 is 9.67 Å². The van der Waals surface area contributed by atoms with Crippen LogP contribution >= 0.6 is 0 Å². The first-order valence-corrected chi connectivity index (χ1v) is 5.55. The van der Waals surface area contributed by atoms with Crippen LogP contribution in [-0.4, -0.2) is 38.2 Å². The summed E-state index contributed by atoms with van der Waals surface area (Å²) >= 11 is 0. The number of rotatable bonds is 3. The second kappa shape index (κ2) is 3.94. The lowest BCUT2D eigenvalue weighted by Gasteiger charge is -2.33. The van der Waals surface area contributed by atoms with Crippen LogP contribution in [0.2, 0.25) is 0 Å². The van der Waals surface area contributed by atoms with Gasteiger partial charge in [-0.05, 0) is 13.3 Å². The van der Waals surface area contributed by atoms with Crippen molar-refractivity contribution >= 4 is 0 Å². The lowest BCUT2D eigenvalue weighted by atomic mass is 10.0. The first kappa shape index (κ1) is 10.6. The summed E-state index contributed by atoms with van der Waals surface area (Å²) in [5, 5.41) is 10.0. The quantitative estimate of drug-likeness (QED) is 0.802. The Morgan fingerprint density at radius 3 is 3.07 bits per heavy atom. The Kier molecular flexibility index (Phi) is 2.80. The second-order valence-corrected chi connectivity index (χ2v) is 4.60. The molecule has 4 heteroatoms. The van der Waals surface area contributed by atoms with Crippen LogP contribution in [0, 0.1) is 0 Å². The Morgan fingerprint density at radius 1 is 1.53 bits per heavy atom. The number of aromatic nitrogens is 2. The molecule has 1 aromatic rings. The van der Waals surface area contributed by atoms with E-state index in [4.69, 9.17) is 0 Å². The Bertz CT molecular complexity index is 332. The standard InChI is InChI=1S/C11H19N3O/c1-3-11(2,15)9-13-6-7-14-5-4-12-10(14)8-13/h4-5,15H,3,6-9H2,1-2H3. The zero-order chi connectivity index (χ0) is 10.9. The van der Waals surface area contributed by atoms with Crippen molar-refractivity contribution < 1.29 is 5.11 Å². The van der Waals surface area contributed by atoms with Crippen molar-refractivity contribution in [3.63, 3.8) is 0 Å². The minimum atomic E-state index is -0.575. The summed E-state index contributed by atoms with van der Waals surface area (Å²) in [6, 6.07) is 0. The Morgan fingerprint density at radius 2 is 2.33 bits per heavy atom. The number of imidazole rings is 1. The third-order valence-corrected chi connectivity index (χ3v) is 3.15. The van der Waals surface area contributed by atoms with Gasteiger partial charge in [-0.1, -0.05) is 6.92 Å². The SMILES string of the molecule is CCC(C)(O)CN1CCn2ccnc2C1. The van der Waals surface area contributed by atoms with Crippen LogP contribution in [0.5, 0.6) is 0 Å². The maximum Gasteiger partial charge on any atom is 0.122 e. The molecule has 1 aliphatic rings. The van der Waals surface area contributed by atoms with Crippen molar-refractivity contribution in [1.29, 1.82) is 0 Å². The van der Waals surface area contributed by atoms with Crippen molar-refractivity contribution in [2.24, 2.45) is 0 Å². The Labute approximate surface area is 90.5 Å². The van der Waals surface area contributed by atoms with E-state index in [-0.39, 0.29) is 0 Å². The fourth-order valence-corrected chi connectivity index (χ4v) is 1.95. The number of nitrogens with zero attached hydrogens (tertiary/aromatic N) is 3. The van der Waals surface area contributed by atoms with E-state index in [0.717, 1.165) is 38.4 Å². The molecule has 1 N–H and O–H groups in total. The summed E-state index contributed by atoms with van der Waals surface area (Å²) in [5.74, 6) is 1.10. The van der Waals surface area contributed by atoms with Crippen molar-refractivity contribution in [2.75, 3.05) is 13.1 Å². The van der Waals surface area contributed by atoms with E-state index in [0.29, 0.717) is 0 Å². The lowest BCUT2D eigenvalue weighted by Crippen LogP contribution is -2.43. The molecule has 0 aliphatic carbocycles. The molecule has 1 aliphatic heterocycles. The van der Waals surface area contributed by atoms with Gasteiger partial charge in [-0.15, -0.1) is 0 Å². The molecule has 15 heavy (non-hydrogen) atoms. The third kappa shape index (κ3) is 2.38. The first-order valence-electron chi connectivity index (χ1n) is 5.55. The van der Waals surface area contributed by atoms with Crippen molar-refractivity contribution in [3.8, 4) is 0 Å². The number of hydrogen-bond acceptors (Lipinski definition) is 3. The second-order valence-electron chi connectivity index (χ2n) is 4.60. The van der Waals surface area contributed by atoms with Crippen LogP contribution in [0.1, 0.15) is 26.1 Å². The molecule has 4 nitrogen and oxygen atoms in total. The highest BCUT2D eigenvalue weighted by Gasteiger charge is 2.24. The Balaban J connectivity index is 1.98. The van der Waals surface area contributed by atoms with Crippen molar-refractivity contribution in [1.82, 2.24) is 14.5 Å². The van der Waals surface area contributed by atoms with Gasteiger partial charge in [0.05, 0.1) is 12.1 Å². The summed E-state index contributed by atoms with van der Waals surface area (Å²) in [6.07, 6.45) is 4.65. The molecular formula is C11H19N3O. The van der Waals surface area contributed by atoms with Gasteiger partial charge in [-0.25, -0.2) is 4.98 Å². The molecule has 1 atom stereocenters. The topological polar surface area (TPSA) is 41.3 Å². The minimum absolute atomic E-state index is 0.575. The van der Waals surface area contributed by atoms with Gasteiger partial charge in [0, 0.05) is 32.0 Å². The number of β-amino-alcohol motifs (C(OH)–C–C–N with tert-alkyl or cyclic N) is 1. The van der Waals surface area contributed by atoms with E-state index in [9.17, 15) is 5.11 Å². The molecule has 0 aromatic carbocycles. The highest BCUT2D eigenvalue weighted by atomic mass is 16.3. The molecule has 1 aromatic heterocycles. The predicted octanol–water partition coefficient (Wildman–Crippen LogP) is 0.860. The average molecular weight is 209 g/mol. The fourth-order valence-electron chi connectivity index (χ4n) is 1.95. The predicted molar refractivity (Wildman–Crippen MR) is 58.4 cm³/mol. The first-order chi connectivity index (χ1) is 7.11. The molecule has 0 saturated carbocycles. The molecule has 2 heterocycles. The normalized spacial score (nSPS) is 21.0. The van der Waals surface area contributed by atoms with Gasteiger partial charge in [0.1, 0.15) is 5.82 Å². The monoisotopic (exact) mass is 209 g/mol. The highest BCUT2D eigenvalue weighted by Crippen LogP contribution is 2.16. The average Bonchev–Trinajstić information content (AvgIpc) is 2.64. The van der Waals surface area contributed by atoms with E-state index < -0.39 is 5.60 Å². The zero-order valence-corrected chi connectivity index (χ0v) is 9.48. The summed E-state index contributed by atoms with van der Waals surface area (Å²) < 4.78 is 2.18. The van der Waals surface area contributed by atoms with Gasteiger partial charge in [0.25, 0.3) is 0 Å². The van der Waals surface area contributed by atoms with E-state index in [2.05, 4.69) is 14.5 Å². The molecule has 0 amide bonds. The van der Waals surface area contributed by atoms with Crippen molar-refractivity contribution in [2.45, 2.75) is 39.0 Å². The molecule has 1 unspecified atom stereocenters. The summed E-state index contributed by atoms with van der Waals surface area (Å²) in [5.41, 5.74) is -0.575. The van der Waals surface area contributed by atoms with E-state index in [1.54, 1.807) is 0 Å². The zero-order valence-electron chi connectivity index (χ0n) is 9.48. The summed E-state index contributed by atoms with van der Waals surface area (Å²) in [6.45, 7) is 7.48. The fraction of sp³-hybridized carbons (Fsp3) is 0.727. The van der Waals surface area contributed by atoms with E-state index in [1.807, 2.05) is 26.2 Å². The van der Waals surface area contributed by atoms with Gasteiger partial charge in [-0.3, -0.25) is 4.90 Å². The molecule has 84 valence electrons. The molecule has 0 saturated heterocycles. The van der Waals surface area contributed by atoms with Crippen LogP contribution in [0.3, 0.4) is 0 Å². The molecule has 0 spiro atoms. The number of aliphatic hydroxyl groups is 1. The van der Waals surface area contributed by atoms with Gasteiger partial charge in [0.2, 0.25) is 0 Å². The van der Waals surface area contributed by atoms with Gasteiger partial charge in [0.15, 0.2) is 0 Å². The van der Waals surface area contributed by atoms with Crippen LogP contribution in [0.25, 0.3) is 0 Å². The lowest BCUT2D eigenvalue weighted by molar-refractivity contribution is 0.00828. The molecule has 0 fully saturated rings. The van der Waals surface area contributed by atoms with Gasteiger partial charge >= 0.3 is 0 Å². The number of fused-ring (bicyclic) bond motifs is 1. The molecule has 2 rings (SSSR count). The largest absolute Gasteiger partial charge is 0.389 e. The van der Waals surface area contributed by atoms with E-state index >= 15 is 0 Å². The third-order valence-electron chi connectivity index (χ3n) is 3.15. The molecular weight excluding hydrogens is 190 g/mol. The van der Waals surface area contributed by atoms with Crippen LogP contribution in [0.4, 0.5) is 0 Å². The molecule has 0 radical (unpaired) electrons.